The Labute approximate surface area is 169 Å². The topological polar surface area (TPSA) is 60.5 Å². The summed E-state index contributed by atoms with van der Waals surface area (Å²) in [6.45, 7) is 4.50. The average Bonchev–Trinajstić information content (AvgIpc) is 3.14. The number of anilines is 1. The fourth-order valence-corrected chi connectivity index (χ4v) is 3.47. The van der Waals surface area contributed by atoms with Crippen LogP contribution in [0.15, 0.2) is 47.8 Å². The highest BCUT2D eigenvalue weighted by atomic mass is 32.1. The minimum Gasteiger partial charge on any atom is -0.493 e. The molecule has 3 aromatic rings. The summed E-state index contributed by atoms with van der Waals surface area (Å²) in [6.07, 6.45) is 1.02. The van der Waals surface area contributed by atoms with E-state index in [1.807, 2.05) is 61.7 Å². The van der Waals surface area contributed by atoms with Gasteiger partial charge in [0, 0.05) is 23.1 Å². The molecule has 0 saturated heterocycles. The Hall–Kier alpha value is -2.86. The van der Waals surface area contributed by atoms with E-state index in [0.717, 1.165) is 27.5 Å². The SMILES string of the molecule is CCOc1ccc(CCC(=O)Nc2ccc(-c3csc(C)n3)cc2)cc1OC. The molecule has 1 aromatic heterocycles. The predicted molar refractivity (Wildman–Crippen MR) is 113 cm³/mol. The lowest BCUT2D eigenvalue weighted by atomic mass is 10.1. The molecule has 5 nitrogen and oxygen atoms in total. The molecule has 0 fully saturated rings. The second-order valence-electron chi connectivity index (χ2n) is 6.30. The summed E-state index contributed by atoms with van der Waals surface area (Å²) in [5.74, 6) is 1.38. The van der Waals surface area contributed by atoms with Crippen LogP contribution in [0.1, 0.15) is 23.9 Å². The van der Waals surface area contributed by atoms with Gasteiger partial charge in [0.2, 0.25) is 5.91 Å². The molecule has 0 bridgehead atoms. The fourth-order valence-electron chi connectivity index (χ4n) is 2.84. The molecule has 6 heteroatoms. The number of methoxy groups -OCH3 is 1. The third kappa shape index (κ3) is 5.10. The van der Waals surface area contributed by atoms with Gasteiger partial charge in [-0.2, -0.15) is 0 Å². The molecule has 0 saturated carbocycles. The molecule has 146 valence electrons. The number of hydrogen-bond donors (Lipinski definition) is 1. The van der Waals surface area contributed by atoms with Gasteiger partial charge in [-0.3, -0.25) is 4.79 Å². The number of thiazole rings is 1. The van der Waals surface area contributed by atoms with E-state index in [1.165, 1.54) is 0 Å². The van der Waals surface area contributed by atoms with Crippen LogP contribution < -0.4 is 14.8 Å². The summed E-state index contributed by atoms with van der Waals surface area (Å²) in [6, 6.07) is 13.5. The number of amides is 1. The van der Waals surface area contributed by atoms with E-state index in [2.05, 4.69) is 10.3 Å². The van der Waals surface area contributed by atoms with Crippen LogP contribution in [0.25, 0.3) is 11.3 Å². The molecular weight excluding hydrogens is 372 g/mol. The highest BCUT2D eigenvalue weighted by Gasteiger charge is 2.08. The zero-order chi connectivity index (χ0) is 19.9. The number of aromatic nitrogens is 1. The minimum absolute atomic E-state index is 0.0231. The largest absolute Gasteiger partial charge is 0.493 e. The summed E-state index contributed by atoms with van der Waals surface area (Å²) in [5, 5.41) is 6.02. The van der Waals surface area contributed by atoms with Crippen molar-refractivity contribution in [2.45, 2.75) is 26.7 Å². The van der Waals surface area contributed by atoms with Crippen LogP contribution in [-0.4, -0.2) is 24.6 Å². The molecule has 1 amide bonds. The molecule has 0 atom stereocenters. The van der Waals surface area contributed by atoms with Crippen molar-refractivity contribution in [1.82, 2.24) is 4.98 Å². The monoisotopic (exact) mass is 396 g/mol. The Kier molecular flexibility index (Phi) is 6.66. The van der Waals surface area contributed by atoms with Gasteiger partial charge in [-0.15, -0.1) is 11.3 Å². The molecule has 0 radical (unpaired) electrons. The van der Waals surface area contributed by atoms with Crippen LogP contribution >= 0.6 is 11.3 Å². The van der Waals surface area contributed by atoms with Gasteiger partial charge >= 0.3 is 0 Å². The van der Waals surface area contributed by atoms with Crippen LogP contribution in [-0.2, 0) is 11.2 Å². The molecule has 0 spiro atoms. The Balaban J connectivity index is 1.55. The van der Waals surface area contributed by atoms with Crippen molar-refractivity contribution in [3.8, 4) is 22.8 Å². The van der Waals surface area contributed by atoms with Gasteiger partial charge < -0.3 is 14.8 Å². The van der Waals surface area contributed by atoms with E-state index in [9.17, 15) is 4.79 Å². The van der Waals surface area contributed by atoms with E-state index in [1.54, 1.807) is 18.4 Å². The number of carbonyl (C=O) groups excluding carboxylic acids is 1. The molecule has 0 aliphatic heterocycles. The second kappa shape index (κ2) is 9.37. The number of aryl methyl sites for hydroxylation is 2. The van der Waals surface area contributed by atoms with Gasteiger partial charge in [0.1, 0.15) is 0 Å². The van der Waals surface area contributed by atoms with Crippen LogP contribution in [0.5, 0.6) is 11.5 Å². The third-order valence-corrected chi connectivity index (χ3v) is 5.03. The maximum Gasteiger partial charge on any atom is 0.224 e. The molecule has 1 heterocycles. The zero-order valence-corrected chi connectivity index (χ0v) is 17.1. The van der Waals surface area contributed by atoms with E-state index >= 15 is 0 Å². The molecule has 0 aliphatic carbocycles. The Bertz CT molecular complexity index is 935. The summed E-state index contributed by atoms with van der Waals surface area (Å²) in [7, 11) is 1.62. The predicted octanol–water partition coefficient (Wildman–Crippen LogP) is 5.10. The Morgan fingerprint density at radius 1 is 1.14 bits per heavy atom. The summed E-state index contributed by atoms with van der Waals surface area (Å²) in [5.41, 5.74) is 3.82. The van der Waals surface area contributed by atoms with Gasteiger partial charge in [0.15, 0.2) is 11.5 Å². The first-order valence-corrected chi connectivity index (χ1v) is 10.1. The highest BCUT2D eigenvalue weighted by Crippen LogP contribution is 2.28. The van der Waals surface area contributed by atoms with Gasteiger partial charge in [-0.25, -0.2) is 4.98 Å². The minimum atomic E-state index is -0.0231. The van der Waals surface area contributed by atoms with Crippen molar-refractivity contribution in [1.29, 1.82) is 0 Å². The van der Waals surface area contributed by atoms with E-state index in [4.69, 9.17) is 9.47 Å². The number of nitrogens with one attached hydrogen (secondary N) is 1. The zero-order valence-electron chi connectivity index (χ0n) is 16.3. The first kappa shape index (κ1) is 19.9. The van der Waals surface area contributed by atoms with Gasteiger partial charge in [-0.05, 0) is 50.1 Å². The van der Waals surface area contributed by atoms with Crippen LogP contribution in [0.3, 0.4) is 0 Å². The molecule has 1 N–H and O–H groups in total. The van der Waals surface area contributed by atoms with Gasteiger partial charge in [-0.1, -0.05) is 18.2 Å². The van der Waals surface area contributed by atoms with Crippen molar-refractivity contribution in [3.63, 3.8) is 0 Å². The quantitative estimate of drug-likeness (QED) is 0.576. The number of carbonyl (C=O) groups is 1. The summed E-state index contributed by atoms with van der Waals surface area (Å²) < 4.78 is 10.9. The summed E-state index contributed by atoms with van der Waals surface area (Å²) >= 11 is 1.63. The second-order valence-corrected chi connectivity index (χ2v) is 7.36. The molecule has 0 unspecified atom stereocenters. The lowest BCUT2D eigenvalue weighted by molar-refractivity contribution is -0.116. The first-order valence-electron chi connectivity index (χ1n) is 9.21. The molecule has 2 aromatic carbocycles. The average molecular weight is 397 g/mol. The fraction of sp³-hybridized carbons (Fsp3) is 0.273. The van der Waals surface area contributed by atoms with Crippen molar-refractivity contribution in [2.24, 2.45) is 0 Å². The first-order chi connectivity index (χ1) is 13.6. The van der Waals surface area contributed by atoms with Crippen molar-refractivity contribution in [3.05, 3.63) is 58.4 Å². The van der Waals surface area contributed by atoms with Crippen molar-refractivity contribution < 1.29 is 14.3 Å². The smallest absolute Gasteiger partial charge is 0.224 e. The molecule has 0 aliphatic rings. The summed E-state index contributed by atoms with van der Waals surface area (Å²) in [4.78, 5) is 16.8. The number of ether oxygens (including phenoxy) is 2. The molecule has 3 rings (SSSR count). The van der Waals surface area contributed by atoms with E-state index in [-0.39, 0.29) is 5.91 Å². The van der Waals surface area contributed by atoms with Gasteiger partial charge in [0.25, 0.3) is 0 Å². The maximum absolute atomic E-state index is 12.3. The number of hydrogen-bond acceptors (Lipinski definition) is 5. The van der Waals surface area contributed by atoms with E-state index in [0.29, 0.717) is 30.9 Å². The number of benzene rings is 2. The maximum atomic E-state index is 12.3. The Morgan fingerprint density at radius 2 is 1.93 bits per heavy atom. The van der Waals surface area contributed by atoms with Crippen molar-refractivity contribution >= 4 is 22.9 Å². The van der Waals surface area contributed by atoms with Gasteiger partial charge in [0.05, 0.1) is 24.4 Å². The third-order valence-electron chi connectivity index (χ3n) is 4.25. The highest BCUT2D eigenvalue weighted by molar-refractivity contribution is 7.09. The number of rotatable bonds is 8. The van der Waals surface area contributed by atoms with Crippen LogP contribution in [0.2, 0.25) is 0 Å². The van der Waals surface area contributed by atoms with Crippen LogP contribution in [0.4, 0.5) is 5.69 Å². The standard InChI is InChI=1S/C22H24N2O3S/c1-4-27-20-11-5-16(13-21(20)26-3)6-12-22(25)24-18-9-7-17(8-10-18)19-14-28-15(2)23-19/h5,7-11,13-14H,4,6,12H2,1-3H3,(H,24,25). The lowest BCUT2D eigenvalue weighted by Crippen LogP contribution is -2.12. The molecule has 28 heavy (non-hydrogen) atoms. The normalized spacial score (nSPS) is 10.5. The van der Waals surface area contributed by atoms with Crippen LogP contribution in [0, 0.1) is 6.92 Å². The Morgan fingerprint density at radius 3 is 2.57 bits per heavy atom. The lowest BCUT2D eigenvalue weighted by Gasteiger charge is -2.11. The van der Waals surface area contributed by atoms with Crippen molar-refractivity contribution in [2.75, 3.05) is 19.0 Å². The number of nitrogens with zero attached hydrogens (tertiary/aromatic N) is 1. The molecular formula is C22H24N2O3S. The van der Waals surface area contributed by atoms with E-state index < -0.39 is 0 Å².